The van der Waals surface area contributed by atoms with Crippen LogP contribution in [0.15, 0.2) is 29.2 Å². The summed E-state index contributed by atoms with van der Waals surface area (Å²) in [6, 6.07) is 4.87. The maximum atomic E-state index is 13.0. The third-order valence-electron chi connectivity index (χ3n) is 4.13. The minimum atomic E-state index is -4.05. The summed E-state index contributed by atoms with van der Waals surface area (Å²) >= 11 is 0. The van der Waals surface area contributed by atoms with Crippen molar-refractivity contribution in [1.82, 2.24) is 9.62 Å². The van der Waals surface area contributed by atoms with E-state index in [1.54, 1.807) is 0 Å². The number of nitrogens with one attached hydrogen (secondary N) is 1. The molecule has 0 aliphatic carbocycles. The Balaban J connectivity index is 0.00000364. The van der Waals surface area contributed by atoms with E-state index in [1.807, 2.05) is 0 Å². The van der Waals surface area contributed by atoms with E-state index in [4.69, 9.17) is 5.73 Å². The lowest BCUT2D eigenvalue weighted by Crippen LogP contribution is -2.49. The summed E-state index contributed by atoms with van der Waals surface area (Å²) in [6.45, 7) is -2.52. The van der Waals surface area contributed by atoms with E-state index in [0.29, 0.717) is 12.8 Å². The third kappa shape index (κ3) is 6.27. The third-order valence-corrected chi connectivity index (χ3v) is 6.12. The Kier molecular flexibility index (Phi) is 9.37. The zero-order valence-electron chi connectivity index (χ0n) is 14.6. The van der Waals surface area contributed by atoms with E-state index >= 15 is 0 Å². The highest BCUT2D eigenvalue weighted by atomic mass is 35.5. The Labute approximate surface area is 163 Å². The van der Waals surface area contributed by atoms with Gasteiger partial charge in [-0.1, -0.05) is 18.6 Å². The molecule has 11 heteroatoms. The van der Waals surface area contributed by atoms with E-state index in [1.165, 1.54) is 28.6 Å². The van der Waals surface area contributed by atoms with Crippen LogP contribution in [0.4, 0.5) is 8.78 Å². The van der Waals surface area contributed by atoms with Crippen molar-refractivity contribution in [3.8, 4) is 5.75 Å². The van der Waals surface area contributed by atoms with Gasteiger partial charge >= 0.3 is 6.61 Å². The summed E-state index contributed by atoms with van der Waals surface area (Å²) in [5, 5.41) is 2.68. The fourth-order valence-electron chi connectivity index (χ4n) is 2.93. The van der Waals surface area contributed by atoms with Crippen molar-refractivity contribution in [2.24, 2.45) is 5.73 Å². The molecular formula is C16H24ClF2N3O4S. The van der Waals surface area contributed by atoms with Crippen LogP contribution in [0.5, 0.6) is 5.75 Å². The highest BCUT2D eigenvalue weighted by Crippen LogP contribution is 2.31. The van der Waals surface area contributed by atoms with Crippen LogP contribution in [0.25, 0.3) is 0 Å². The number of halogens is 3. The minimum absolute atomic E-state index is 0. The fourth-order valence-corrected chi connectivity index (χ4v) is 4.74. The van der Waals surface area contributed by atoms with Crippen molar-refractivity contribution >= 4 is 28.3 Å². The first-order valence-electron chi connectivity index (χ1n) is 8.38. The molecule has 1 aromatic rings. The second kappa shape index (κ2) is 10.7. The standard InChI is InChI=1S/C16H23F2N3O4S.ClH/c17-16(18)25-13-6-1-2-7-14(13)26(23,24)21-10-4-3-5-12(21)11-20-15(22)8-9-19;/h1-2,6-7,12,16H,3-5,8-11,19H2,(H,20,22);1H. The topological polar surface area (TPSA) is 102 Å². The number of carbonyl (C=O) groups is 1. The molecule has 1 saturated heterocycles. The van der Waals surface area contributed by atoms with Gasteiger partial charge in [0.25, 0.3) is 0 Å². The van der Waals surface area contributed by atoms with Crippen molar-refractivity contribution in [2.45, 2.75) is 43.2 Å². The first kappa shape index (κ1) is 23.5. The first-order chi connectivity index (χ1) is 12.4. The Morgan fingerprint density at radius 2 is 2.04 bits per heavy atom. The zero-order chi connectivity index (χ0) is 19.2. The number of rotatable bonds is 8. The van der Waals surface area contributed by atoms with Gasteiger partial charge in [0.1, 0.15) is 10.6 Å². The van der Waals surface area contributed by atoms with E-state index in [-0.39, 0.29) is 55.0 Å². The minimum Gasteiger partial charge on any atom is -0.433 e. The molecule has 7 nitrogen and oxygen atoms in total. The molecule has 0 saturated carbocycles. The van der Waals surface area contributed by atoms with Crippen LogP contribution in [0.1, 0.15) is 25.7 Å². The largest absolute Gasteiger partial charge is 0.433 e. The number of carbonyl (C=O) groups excluding carboxylic acids is 1. The number of sulfonamides is 1. The lowest BCUT2D eigenvalue weighted by molar-refractivity contribution is -0.121. The van der Waals surface area contributed by atoms with E-state index in [0.717, 1.165) is 6.42 Å². The predicted molar refractivity (Wildman–Crippen MR) is 98.5 cm³/mol. The predicted octanol–water partition coefficient (Wildman–Crippen LogP) is 1.72. The molecule has 27 heavy (non-hydrogen) atoms. The number of nitrogens with zero attached hydrogens (tertiary/aromatic N) is 1. The van der Waals surface area contributed by atoms with E-state index in [9.17, 15) is 22.0 Å². The Morgan fingerprint density at radius 1 is 1.33 bits per heavy atom. The second-order valence-electron chi connectivity index (χ2n) is 5.93. The molecule has 1 unspecified atom stereocenters. The number of piperidine rings is 1. The molecule has 1 amide bonds. The number of ether oxygens (including phenoxy) is 1. The van der Waals surface area contributed by atoms with Gasteiger partial charge in [0.2, 0.25) is 15.9 Å². The molecule has 0 aromatic heterocycles. The van der Waals surface area contributed by atoms with Crippen LogP contribution in [0, 0.1) is 0 Å². The fraction of sp³-hybridized carbons (Fsp3) is 0.562. The molecule has 1 heterocycles. The van der Waals surface area contributed by atoms with Gasteiger partial charge in [-0.25, -0.2) is 8.42 Å². The highest BCUT2D eigenvalue weighted by molar-refractivity contribution is 7.89. The van der Waals surface area contributed by atoms with Crippen molar-refractivity contribution in [3.63, 3.8) is 0 Å². The summed E-state index contributed by atoms with van der Waals surface area (Å²) in [5.41, 5.74) is 5.32. The van der Waals surface area contributed by atoms with Crippen LogP contribution < -0.4 is 15.8 Å². The molecule has 1 aliphatic heterocycles. The molecule has 0 spiro atoms. The molecule has 1 aromatic carbocycles. The van der Waals surface area contributed by atoms with Gasteiger partial charge in [0.15, 0.2) is 0 Å². The van der Waals surface area contributed by atoms with Gasteiger partial charge in [-0.15, -0.1) is 12.4 Å². The average Bonchev–Trinajstić information content (AvgIpc) is 2.60. The normalized spacial score (nSPS) is 18.0. The molecule has 1 fully saturated rings. The zero-order valence-corrected chi connectivity index (χ0v) is 16.3. The Morgan fingerprint density at radius 3 is 2.70 bits per heavy atom. The van der Waals surface area contributed by atoms with Crippen LogP contribution in [0.3, 0.4) is 0 Å². The van der Waals surface area contributed by atoms with Crippen molar-refractivity contribution in [1.29, 1.82) is 0 Å². The lowest BCUT2D eigenvalue weighted by atomic mass is 10.1. The van der Waals surface area contributed by atoms with Crippen LogP contribution >= 0.6 is 12.4 Å². The van der Waals surface area contributed by atoms with E-state index < -0.39 is 22.7 Å². The molecule has 0 bridgehead atoms. The molecule has 2 rings (SSSR count). The molecule has 0 radical (unpaired) electrons. The summed E-state index contributed by atoms with van der Waals surface area (Å²) in [6.07, 6.45) is 2.20. The number of hydrogen-bond acceptors (Lipinski definition) is 5. The number of nitrogens with two attached hydrogens (primary N) is 1. The molecule has 1 aliphatic rings. The van der Waals surface area contributed by atoms with Crippen LogP contribution in [-0.4, -0.2) is 50.9 Å². The first-order valence-corrected chi connectivity index (χ1v) is 9.82. The molecule has 3 N–H and O–H groups in total. The quantitative estimate of drug-likeness (QED) is 0.657. The van der Waals surface area contributed by atoms with Crippen LogP contribution in [0.2, 0.25) is 0 Å². The van der Waals surface area contributed by atoms with Gasteiger partial charge in [0.05, 0.1) is 0 Å². The lowest BCUT2D eigenvalue weighted by Gasteiger charge is -2.35. The second-order valence-corrected chi connectivity index (χ2v) is 7.79. The molecular weight excluding hydrogens is 404 g/mol. The smallest absolute Gasteiger partial charge is 0.387 e. The van der Waals surface area contributed by atoms with Crippen molar-refractivity contribution in [3.05, 3.63) is 24.3 Å². The molecule has 154 valence electrons. The van der Waals surface area contributed by atoms with Gasteiger partial charge in [-0.3, -0.25) is 4.79 Å². The molecule has 1 atom stereocenters. The number of alkyl halides is 2. The monoisotopic (exact) mass is 427 g/mol. The average molecular weight is 428 g/mol. The van der Waals surface area contributed by atoms with Gasteiger partial charge in [-0.2, -0.15) is 13.1 Å². The maximum Gasteiger partial charge on any atom is 0.387 e. The van der Waals surface area contributed by atoms with Crippen LogP contribution in [-0.2, 0) is 14.8 Å². The SMILES string of the molecule is Cl.NCCC(=O)NCC1CCCCN1S(=O)(=O)c1ccccc1OC(F)F. The van der Waals surface area contributed by atoms with Crippen molar-refractivity contribution in [2.75, 3.05) is 19.6 Å². The summed E-state index contributed by atoms with van der Waals surface area (Å²) in [5.74, 6) is -0.643. The number of hydrogen-bond donors (Lipinski definition) is 2. The summed E-state index contributed by atoms with van der Waals surface area (Å²) < 4.78 is 56.9. The van der Waals surface area contributed by atoms with E-state index in [2.05, 4.69) is 10.1 Å². The Bertz CT molecular complexity index is 721. The van der Waals surface area contributed by atoms with Gasteiger partial charge in [-0.05, 0) is 25.0 Å². The maximum absolute atomic E-state index is 13.0. The highest BCUT2D eigenvalue weighted by Gasteiger charge is 2.35. The Hall–Kier alpha value is -1.49. The van der Waals surface area contributed by atoms with Crippen molar-refractivity contribution < 1.29 is 26.7 Å². The number of para-hydroxylation sites is 1. The van der Waals surface area contributed by atoms with Gasteiger partial charge < -0.3 is 15.8 Å². The summed E-state index contributed by atoms with van der Waals surface area (Å²) in [4.78, 5) is 11.3. The number of amides is 1. The summed E-state index contributed by atoms with van der Waals surface area (Å²) in [7, 11) is -4.05. The number of benzene rings is 1. The van der Waals surface area contributed by atoms with Gasteiger partial charge in [0, 0.05) is 32.1 Å².